The molecule has 0 spiro atoms. The van der Waals surface area contributed by atoms with E-state index < -0.39 is 6.10 Å². The summed E-state index contributed by atoms with van der Waals surface area (Å²) in [5, 5.41) is 13.5. The van der Waals surface area contributed by atoms with Crippen LogP contribution in [0, 0.1) is 0 Å². The minimum atomic E-state index is -0.557. The van der Waals surface area contributed by atoms with Crippen molar-refractivity contribution < 1.29 is 19.3 Å². The first-order valence-corrected chi connectivity index (χ1v) is 7.06. The molecule has 1 saturated carbocycles. The molecule has 1 aliphatic carbocycles. The Morgan fingerprint density at radius 3 is 2.85 bits per heavy atom. The maximum absolute atomic E-state index is 10.2. The lowest BCUT2D eigenvalue weighted by molar-refractivity contribution is -0.0703. The van der Waals surface area contributed by atoms with Crippen molar-refractivity contribution in [2.24, 2.45) is 0 Å². The highest BCUT2D eigenvalue weighted by Gasteiger charge is 2.36. The number of ether oxygens (including phenoxy) is 3. The summed E-state index contributed by atoms with van der Waals surface area (Å²) in [4.78, 5) is 0. The van der Waals surface area contributed by atoms with E-state index in [0.717, 1.165) is 30.7 Å². The molecule has 5 heteroatoms. The molecule has 1 aliphatic heterocycles. The summed E-state index contributed by atoms with van der Waals surface area (Å²) in [5.74, 6) is 1.44. The van der Waals surface area contributed by atoms with Crippen molar-refractivity contribution in [3.8, 4) is 11.5 Å². The molecule has 1 heterocycles. The molecular formula is C15H21NO4. The molecule has 0 radical (unpaired) electrons. The van der Waals surface area contributed by atoms with Crippen molar-refractivity contribution in [1.29, 1.82) is 0 Å². The monoisotopic (exact) mass is 279 g/mol. The van der Waals surface area contributed by atoms with E-state index in [9.17, 15) is 5.11 Å². The van der Waals surface area contributed by atoms with E-state index >= 15 is 0 Å². The van der Waals surface area contributed by atoms with Crippen LogP contribution >= 0.6 is 0 Å². The smallest absolute Gasteiger partial charge is 0.231 e. The van der Waals surface area contributed by atoms with Crippen LogP contribution in [0.2, 0.25) is 0 Å². The van der Waals surface area contributed by atoms with Gasteiger partial charge in [0, 0.05) is 20.2 Å². The number of fused-ring (bicyclic) bond motifs is 1. The van der Waals surface area contributed by atoms with Gasteiger partial charge in [0.05, 0.1) is 11.7 Å². The number of nitrogens with one attached hydrogen (secondary N) is 1. The van der Waals surface area contributed by atoms with Gasteiger partial charge in [-0.1, -0.05) is 6.07 Å². The third-order valence-corrected chi connectivity index (χ3v) is 4.26. The maximum atomic E-state index is 10.2. The second-order valence-electron chi connectivity index (χ2n) is 5.50. The van der Waals surface area contributed by atoms with E-state index in [1.165, 1.54) is 6.42 Å². The lowest BCUT2D eigenvalue weighted by atomic mass is 9.80. The number of rotatable bonds is 6. The maximum Gasteiger partial charge on any atom is 0.231 e. The summed E-state index contributed by atoms with van der Waals surface area (Å²) in [6.45, 7) is 1.54. The lowest BCUT2D eigenvalue weighted by Gasteiger charge is -2.40. The van der Waals surface area contributed by atoms with E-state index in [1.807, 2.05) is 18.2 Å². The molecule has 5 nitrogen and oxygen atoms in total. The molecule has 1 aromatic rings. The number of benzene rings is 1. The van der Waals surface area contributed by atoms with E-state index in [-0.39, 0.29) is 12.4 Å². The van der Waals surface area contributed by atoms with Gasteiger partial charge >= 0.3 is 0 Å². The molecule has 1 atom stereocenters. The highest BCUT2D eigenvalue weighted by atomic mass is 16.7. The normalized spacial score (nSPS) is 20.5. The van der Waals surface area contributed by atoms with Crippen LogP contribution in [-0.4, -0.2) is 37.7 Å². The molecule has 110 valence electrons. The van der Waals surface area contributed by atoms with Crippen molar-refractivity contribution >= 4 is 0 Å². The Bertz CT molecular complexity index is 467. The first-order valence-electron chi connectivity index (χ1n) is 7.06. The van der Waals surface area contributed by atoms with E-state index in [0.29, 0.717) is 12.3 Å². The highest BCUT2D eigenvalue weighted by molar-refractivity contribution is 5.45. The first-order chi connectivity index (χ1) is 9.72. The van der Waals surface area contributed by atoms with Crippen molar-refractivity contribution in [3.63, 3.8) is 0 Å². The van der Waals surface area contributed by atoms with Gasteiger partial charge in [-0.15, -0.1) is 0 Å². The van der Waals surface area contributed by atoms with Gasteiger partial charge in [0.2, 0.25) is 6.79 Å². The molecule has 2 aliphatic rings. The molecule has 0 saturated heterocycles. The van der Waals surface area contributed by atoms with Crippen LogP contribution < -0.4 is 14.8 Å². The summed E-state index contributed by atoms with van der Waals surface area (Å²) in [6, 6.07) is 5.54. The van der Waals surface area contributed by atoms with E-state index in [4.69, 9.17) is 14.2 Å². The summed E-state index contributed by atoms with van der Waals surface area (Å²) < 4.78 is 16.1. The van der Waals surface area contributed by atoms with Crippen LogP contribution in [0.25, 0.3) is 0 Å². The zero-order valence-corrected chi connectivity index (χ0v) is 11.7. The molecule has 0 aromatic heterocycles. The van der Waals surface area contributed by atoms with Crippen molar-refractivity contribution in [2.75, 3.05) is 27.0 Å². The highest BCUT2D eigenvalue weighted by Crippen LogP contribution is 2.35. The third-order valence-electron chi connectivity index (χ3n) is 4.26. The van der Waals surface area contributed by atoms with Crippen LogP contribution in [0.15, 0.2) is 18.2 Å². The van der Waals surface area contributed by atoms with Gasteiger partial charge in [-0.3, -0.25) is 0 Å². The zero-order chi connectivity index (χ0) is 14.0. The Hall–Kier alpha value is -1.30. The fourth-order valence-electron chi connectivity index (χ4n) is 2.70. The van der Waals surface area contributed by atoms with Crippen LogP contribution in [0.1, 0.15) is 30.9 Å². The second-order valence-corrected chi connectivity index (χ2v) is 5.50. The largest absolute Gasteiger partial charge is 0.454 e. The summed E-state index contributed by atoms with van der Waals surface area (Å²) in [5.41, 5.74) is 0.816. The average molecular weight is 279 g/mol. The number of hydrogen-bond acceptors (Lipinski definition) is 5. The summed E-state index contributed by atoms with van der Waals surface area (Å²) in [7, 11) is 1.76. The van der Waals surface area contributed by atoms with Gasteiger partial charge in [-0.2, -0.15) is 0 Å². The predicted octanol–water partition coefficient (Wildman–Crippen LogP) is 1.61. The van der Waals surface area contributed by atoms with Crippen LogP contribution in [-0.2, 0) is 4.74 Å². The van der Waals surface area contributed by atoms with Gasteiger partial charge < -0.3 is 24.6 Å². The second kappa shape index (κ2) is 5.60. The summed E-state index contributed by atoms with van der Waals surface area (Å²) >= 11 is 0. The molecule has 1 aromatic carbocycles. The standard InChI is InChI=1S/C15H21NO4/c1-18-15(5-2-6-15)9-16-8-12(17)11-3-4-13-14(7-11)20-10-19-13/h3-4,7,12,16-17H,2,5-6,8-10H2,1H3. The fraction of sp³-hybridized carbons (Fsp3) is 0.600. The molecule has 3 rings (SSSR count). The molecule has 20 heavy (non-hydrogen) atoms. The van der Waals surface area contributed by atoms with Crippen LogP contribution in [0.4, 0.5) is 0 Å². The number of aliphatic hydroxyl groups excluding tert-OH is 1. The Labute approximate surface area is 118 Å². The minimum Gasteiger partial charge on any atom is -0.454 e. The lowest BCUT2D eigenvalue weighted by Crippen LogP contribution is -2.48. The number of aliphatic hydroxyl groups is 1. The third kappa shape index (κ3) is 2.61. The van der Waals surface area contributed by atoms with Gasteiger partial charge in [0.1, 0.15) is 0 Å². The van der Waals surface area contributed by atoms with Gasteiger partial charge in [-0.05, 0) is 37.0 Å². The molecule has 1 fully saturated rings. The minimum absolute atomic E-state index is 0.0192. The van der Waals surface area contributed by atoms with Crippen molar-refractivity contribution in [1.82, 2.24) is 5.32 Å². The predicted molar refractivity (Wildman–Crippen MR) is 74.0 cm³/mol. The Balaban J connectivity index is 1.53. The molecule has 0 bridgehead atoms. The molecule has 1 unspecified atom stereocenters. The van der Waals surface area contributed by atoms with Crippen molar-refractivity contribution in [2.45, 2.75) is 31.0 Å². The van der Waals surface area contributed by atoms with Crippen LogP contribution in [0.5, 0.6) is 11.5 Å². The first kappa shape index (κ1) is 13.7. The SMILES string of the molecule is COC1(CNCC(O)c2ccc3c(c2)OCO3)CCC1. The Morgan fingerprint density at radius 2 is 2.15 bits per heavy atom. The Kier molecular flexibility index (Phi) is 3.83. The van der Waals surface area contributed by atoms with Crippen molar-refractivity contribution in [3.05, 3.63) is 23.8 Å². The van der Waals surface area contributed by atoms with Gasteiger partial charge in [0.25, 0.3) is 0 Å². The number of methoxy groups -OCH3 is 1. The Morgan fingerprint density at radius 1 is 1.35 bits per heavy atom. The average Bonchev–Trinajstić information content (AvgIpc) is 2.88. The van der Waals surface area contributed by atoms with Crippen LogP contribution in [0.3, 0.4) is 0 Å². The van der Waals surface area contributed by atoms with Gasteiger partial charge in [-0.25, -0.2) is 0 Å². The zero-order valence-electron chi connectivity index (χ0n) is 11.7. The van der Waals surface area contributed by atoms with E-state index in [2.05, 4.69) is 5.32 Å². The van der Waals surface area contributed by atoms with E-state index in [1.54, 1.807) is 7.11 Å². The fourth-order valence-corrected chi connectivity index (χ4v) is 2.70. The molecular weight excluding hydrogens is 258 g/mol. The van der Waals surface area contributed by atoms with Gasteiger partial charge in [0.15, 0.2) is 11.5 Å². The molecule has 0 amide bonds. The molecule has 2 N–H and O–H groups in total. The number of hydrogen-bond donors (Lipinski definition) is 2. The topological polar surface area (TPSA) is 60.0 Å². The quantitative estimate of drug-likeness (QED) is 0.828. The summed E-state index contributed by atoms with van der Waals surface area (Å²) in [6.07, 6.45) is 2.85.